The fourth-order valence-electron chi connectivity index (χ4n) is 2.78. The molecule has 0 saturated carbocycles. The zero-order chi connectivity index (χ0) is 13.3. The maximum Gasteiger partial charge on any atom is 0.258 e. The summed E-state index contributed by atoms with van der Waals surface area (Å²) in [6.07, 6.45) is 3.26. The van der Waals surface area contributed by atoms with Crippen molar-refractivity contribution in [3.63, 3.8) is 0 Å². The second kappa shape index (κ2) is 5.01. The van der Waals surface area contributed by atoms with E-state index in [-0.39, 0.29) is 23.7 Å². The summed E-state index contributed by atoms with van der Waals surface area (Å²) in [6.45, 7) is 6.07. The second-order valence-electron chi connectivity index (χ2n) is 5.36. The van der Waals surface area contributed by atoms with Gasteiger partial charge < -0.3 is 10.0 Å². The van der Waals surface area contributed by atoms with E-state index in [1.165, 1.54) is 6.42 Å². The van der Waals surface area contributed by atoms with Crippen LogP contribution in [0.25, 0.3) is 0 Å². The van der Waals surface area contributed by atoms with Crippen LogP contribution in [0.15, 0.2) is 18.2 Å². The highest BCUT2D eigenvalue weighted by molar-refractivity contribution is 5.97. The molecule has 1 amide bonds. The van der Waals surface area contributed by atoms with Gasteiger partial charge in [0.1, 0.15) is 5.75 Å². The van der Waals surface area contributed by atoms with Gasteiger partial charge >= 0.3 is 0 Å². The number of likely N-dealkylation sites (tertiary alicyclic amines) is 1. The Kier molecular flexibility index (Phi) is 3.60. The largest absolute Gasteiger partial charge is 0.507 e. The van der Waals surface area contributed by atoms with Crippen LogP contribution in [0, 0.1) is 6.92 Å². The molecular weight excluding hydrogens is 226 g/mol. The van der Waals surface area contributed by atoms with Crippen molar-refractivity contribution in [1.82, 2.24) is 4.90 Å². The van der Waals surface area contributed by atoms with Gasteiger partial charge in [0.25, 0.3) is 5.91 Å². The van der Waals surface area contributed by atoms with Crippen molar-refractivity contribution in [2.45, 2.75) is 52.1 Å². The minimum atomic E-state index is -0.0489. The number of hydrogen-bond acceptors (Lipinski definition) is 2. The Morgan fingerprint density at radius 3 is 2.44 bits per heavy atom. The van der Waals surface area contributed by atoms with E-state index in [4.69, 9.17) is 0 Å². The quantitative estimate of drug-likeness (QED) is 0.828. The zero-order valence-corrected chi connectivity index (χ0v) is 11.3. The lowest BCUT2D eigenvalue weighted by Gasteiger charge is -2.39. The number of piperidine rings is 1. The van der Waals surface area contributed by atoms with Gasteiger partial charge in [-0.15, -0.1) is 0 Å². The van der Waals surface area contributed by atoms with E-state index in [9.17, 15) is 9.90 Å². The number of rotatable bonds is 1. The number of phenols is 1. The van der Waals surface area contributed by atoms with Crippen molar-refractivity contribution in [3.05, 3.63) is 29.3 Å². The highest BCUT2D eigenvalue weighted by atomic mass is 16.3. The average molecular weight is 247 g/mol. The molecule has 0 spiro atoms. The van der Waals surface area contributed by atoms with Crippen molar-refractivity contribution < 1.29 is 9.90 Å². The third kappa shape index (κ3) is 2.35. The molecule has 3 heteroatoms. The van der Waals surface area contributed by atoms with Crippen LogP contribution in [0.5, 0.6) is 5.75 Å². The number of aromatic hydroxyl groups is 1. The van der Waals surface area contributed by atoms with Gasteiger partial charge in [0, 0.05) is 12.1 Å². The molecule has 1 aromatic carbocycles. The lowest BCUT2D eigenvalue weighted by molar-refractivity contribution is 0.0508. The molecule has 18 heavy (non-hydrogen) atoms. The first-order chi connectivity index (χ1) is 8.50. The first-order valence-electron chi connectivity index (χ1n) is 6.63. The molecule has 1 aliphatic rings. The van der Waals surface area contributed by atoms with Gasteiger partial charge in [0.15, 0.2) is 0 Å². The normalized spacial score (nSPS) is 24.1. The summed E-state index contributed by atoms with van der Waals surface area (Å²) in [5, 5.41) is 9.92. The van der Waals surface area contributed by atoms with E-state index in [0.29, 0.717) is 5.56 Å². The van der Waals surface area contributed by atoms with Crippen LogP contribution >= 0.6 is 0 Å². The van der Waals surface area contributed by atoms with Crippen LogP contribution in [0.1, 0.15) is 49.0 Å². The first kappa shape index (κ1) is 12.9. The highest BCUT2D eigenvalue weighted by Gasteiger charge is 2.30. The standard InChI is InChI=1S/C15H21NO2/c1-10-7-8-13(14(17)9-10)15(18)16-11(2)5-4-6-12(16)3/h7-9,11-12,17H,4-6H2,1-3H3/t11-,12+. The molecule has 1 saturated heterocycles. The molecular formula is C15H21NO2. The van der Waals surface area contributed by atoms with E-state index in [1.807, 2.05) is 17.9 Å². The second-order valence-corrected chi connectivity index (χ2v) is 5.36. The Morgan fingerprint density at radius 1 is 1.28 bits per heavy atom. The van der Waals surface area contributed by atoms with Crippen molar-refractivity contribution in [2.75, 3.05) is 0 Å². The molecule has 3 nitrogen and oxygen atoms in total. The number of amides is 1. The van der Waals surface area contributed by atoms with Crippen LogP contribution in [-0.4, -0.2) is 28.0 Å². The lowest BCUT2D eigenvalue weighted by atomic mass is 9.96. The van der Waals surface area contributed by atoms with Gasteiger partial charge in [-0.3, -0.25) is 4.79 Å². The summed E-state index contributed by atoms with van der Waals surface area (Å²) < 4.78 is 0. The lowest BCUT2D eigenvalue weighted by Crippen LogP contribution is -2.47. The fraction of sp³-hybridized carbons (Fsp3) is 0.533. The molecule has 2 atom stereocenters. The van der Waals surface area contributed by atoms with Gasteiger partial charge in [-0.05, 0) is 57.7 Å². The summed E-state index contributed by atoms with van der Waals surface area (Å²) in [4.78, 5) is 14.4. The number of hydrogen-bond donors (Lipinski definition) is 1. The molecule has 2 rings (SSSR count). The van der Waals surface area contributed by atoms with Crippen molar-refractivity contribution in [2.24, 2.45) is 0 Å². The van der Waals surface area contributed by atoms with Crippen LogP contribution in [0.3, 0.4) is 0 Å². The van der Waals surface area contributed by atoms with Crippen molar-refractivity contribution in [3.8, 4) is 5.75 Å². The first-order valence-corrected chi connectivity index (χ1v) is 6.63. The molecule has 1 aliphatic heterocycles. The van der Waals surface area contributed by atoms with Crippen LogP contribution in [-0.2, 0) is 0 Å². The predicted molar refractivity (Wildman–Crippen MR) is 71.8 cm³/mol. The Balaban J connectivity index is 2.29. The van der Waals surface area contributed by atoms with Gasteiger partial charge in [-0.1, -0.05) is 6.07 Å². The maximum atomic E-state index is 12.5. The SMILES string of the molecule is Cc1ccc(C(=O)N2[C@H](C)CCC[C@@H]2C)c(O)c1. The zero-order valence-electron chi connectivity index (χ0n) is 11.3. The fourth-order valence-corrected chi connectivity index (χ4v) is 2.78. The van der Waals surface area contributed by atoms with Gasteiger partial charge in [-0.25, -0.2) is 0 Å². The van der Waals surface area contributed by atoms with Crippen LogP contribution < -0.4 is 0 Å². The van der Waals surface area contributed by atoms with E-state index in [2.05, 4.69) is 13.8 Å². The monoisotopic (exact) mass is 247 g/mol. The number of phenolic OH excluding ortho intramolecular Hbond substituents is 1. The van der Waals surface area contributed by atoms with E-state index < -0.39 is 0 Å². The Morgan fingerprint density at radius 2 is 1.89 bits per heavy atom. The number of nitrogens with zero attached hydrogens (tertiary/aromatic N) is 1. The van der Waals surface area contributed by atoms with Gasteiger partial charge in [0.2, 0.25) is 0 Å². The predicted octanol–water partition coefficient (Wildman–Crippen LogP) is 3.10. The molecule has 1 N–H and O–H groups in total. The molecule has 0 unspecified atom stereocenters. The maximum absolute atomic E-state index is 12.5. The summed E-state index contributed by atoms with van der Waals surface area (Å²) in [7, 11) is 0. The van der Waals surface area contributed by atoms with Crippen molar-refractivity contribution >= 4 is 5.91 Å². The molecule has 1 heterocycles. The Bertz CT molecular complexity index is 446. The number of benzene rings is 1. The van der Waals surface area contributed by atoms with Gasteiger partial charge in [0.05, 0.1) is 5.56 Å². The molecule has 0 radical (unpaired) electrons. The van der Waals surface area contributed by atoms with E-state index in [1.54, 1.807) is 12.1 Å². The molecule has 1 aromatic rings. The summed E-state index contributed by atoms with van der Waals surface area (Å²) in [5.41, 5.74) is 1.38. The smallest absolute Gasteiger partial charge is 0.258 e. The van der Waals surface area contributed by atoms with Crippen LogP contribution in [0.2, 0.25) is 0 Å². The summed E-state index contributed by atoms with van der Waals surface area (Å²) in [5.74, 6) is 0.0390. The molecule has 1 fully saturated rings. The highest BCUT2D eigenvalue weighted by Crippen LogP contribution is 2.27. The van der Waals surface area contributed by atoms with Crippen LogP contribution in [0.4, 0.5) is 0 Å². The molecule has 98 valence electrons. The van der Waals surface area contributed by atoms with Gasteiger partial charge in [-0.2, -0.15) is 0 Å². The summed E-state index contributed by atoms with van der Waals surface area (Å²) in [6, 6.07) is 5.74. The number of aryl methyl sites for hydroxylation is 1. The van der Waals surface area contributed by atoms with E-state index in [0.717, 1.165) is 18.4 Å². The topological polar surface area (TPSA) is 40.5 Å². The number of carbonyl (C=O) groups is 1. The minimum absolute atomic E-state index is 0.0489. The minimum Gasteiger partial charge on any atom is -0.507 e. The molecule has 0 bridgehead atoms. The molecule has 0 aliphatic carbocycles. The van der Waals surface area contributed by atoms with E-state index >= 15 is 0 Å². The Labute approximate surface area is 108 Å². The third-order valence-corrected chi connectivity index (χ3v) is 3.81. The third-order valence-electron chi connectivity index (χ3n) is 3.81. The number of carbonyl (C=O) groups excluding carboxylic acids is 1. The summed E-state index contributed by atoms with van der Waals surface area (Å²) >= 11 is 0. The Hall–Kier alpha value is -1.51. The van der Waals surface area contributed by atoms with Crippen molar-refractivity contribution in [1.29, 1.82) is 0 Å². The molecule has 0 aromatic heterocycles. The average Bonchev–Trinajstić information content (AvgIpc) is 2.28.